The Morgan fingerprint density at radius 3 is 2.92 bits per heavy atom. The number of aryl methyl sites for hydroxylation is 4. The molecular formula is C19H28N4O. The van der Waals surface area contributed by atoms with Gasteiger partial charge in [-0.1, -0.05) is 6.07 Å². The van der Waals surface area contributed by atoms with Crippen molar-refractivity contribution in [2.45, 2.75) is 65.7 Å². The van der Waals surface area contributed by atoms with Gasteiger partial charge in [-0.25, -0.2) is 4.98 Å². The Labute approximate surface area is 144 Å². The summed E-state index contributed by atoms with van der Waals surface area (Å²) in [5.74, 6) is 1.06. The topological polar surface area (TPSA) is 52.0 Å². The van der Waals surface area contributed by atoms with Crippen molar-refractivity contribution in [2.75, 3.05) is 11.9 Å². The van der Waals surface area contributed by atoms with E-state index in [0.717, 1.165) is 43.1 Å². The van der Waals surface area contributed by atoms with Gasteiger partial charge in [-0.05, 0) is 57.7 Å². The molecule has 0 aliphatic carbocycles. The number of anilines is 1. The van der Waals surface area contributed by atoms with Crippen molar-refractivity contribution in [3.63, 3.8) is 0 Å². The first-order chi connectivity index (χ1) is 11.4. The summed E-state index contributed by atoms with van der Waals surface area (Å²) in [7, 11) is 0. The second-order valence-corrected chi connectivity index (χ2v) is 7.51. The minimum absolute atomic E-state index is 0.143. The second kappa shape index (κ2) is 6.93. The highest BCUT2D eigenvalue weighted by atomic mass is 16.5. The minimum Gasteiger partial charge on any atom is -0.370 e. The maximum atomic E-state index is 5.84. The standard InChI is InChI=1S/C19H28N4O/c1-14-12-23(22-17(14)13-24-19(2,3)4)11-9-16-8-7-15-6-5-10-20-18(15)21-16/h7-8,12H,5-6,9-11,13H2,1-4H3,(H,20,21). The third-order valence-corrected chi connectivity index (χ3v) is 4.24. The van der Waals surface area contributed by atoms with E-state index in [-0.39, 0.29) is 5.60 Å². The number of aromatic nitrogens is 3. The second-order valence-electron chi connectivity index (χ2n) is 7.51. The van der Waals surface area contributed by atoms with E-state index in [4.69, 9.17) is 9.72 Å². The lowest BCUT2D eigenvalue weighted by Crippen LogP contribution is -2.19. The van der Waals surface area contributed by atoms with Crippen molar-refractivity contribution >= 4 is 5.82 Å². The molecule has 0 bridgehead atoms. The first-order valence-corrected chi connectivity index (χ1v) is 8.80. The fraction of sp³-hybridized carbons (Fsp3) is 0.579. The zero-order valence-corrected chi connectivity index (χ0v) is 15.2. The van der Waals surface area contributed by atoms with Crippen LogP contribution in [-0.4, -0.2) is 26.9 Å². The summed E-state index contributed by atoms with van der Waals surface area (Å²) in [5, 5.41) is 8.06. The molecule has 1 aliphatic rings. The summed E-state index contributed by atoms with van der Waals surface area (Å²) < 4.78 is 7.84. The van der Waals surface area contributed by atoms with Crippen molar-refractivity contribution in [1.29, 1.82) is 0 Å². The van der Waals surface area contributed by atoms with Gasteiger partial charge in [0.05, 0.1) is 17.9 Å². The summed E-state index contributed by atoms with van der Waals surface area (Å²) in [6.07, 6.45) is 5.30. The van der Waals surface area contributed by atoms with Crippen LogP contribution < -0.4 is 5.32 Å². The van der Waals surface area contributed by atoms with Gasteiger partial charge in [-0.3, -0.25) is 4.68 Å². The fourth-order valence-corrected chi connectivity index (χ4v) is 2.84. The van der Waals surface area contributed by atoms with E-state index in [1.807, 2.05) is 4.68 Å². The van der Waals surface area contributed by atoms with E-state index in [0.29, 0.717) is 6.61 Å². The lowest BCUT2D eigenvalue weighted by Gasteiger charge is -2.18. The largest absolute Gasteiger partial charge is 0.370 e. The molecule has 0 spiro atoms. The predicted octanol–water partition coefficient (Wildman–Crippen LogP) is 3.50. The average molecular weight is 328 g/mol. The van der Waals surface area contributed by atoms with E-state index < -0.39 is 0 Å². The molecule has 0 saturated heterocycles. The zero-order chi connectivity index (χ0) is 17.2. The molecule has 5 heteroatoms. The molecule has 0 fully saturated rings. The molecule has 1 N–H and O–H groups in total. The van der Waals surface area contributed by atoms with E-state index >= 15 is 0 Å². The third kappa shape index (κ3) is 4.35. The summed E-state index contributed by atoms with van der Waals surface area (Å²) in [6.45, 7) is 10.7. The monoisotopic (exact) mass is 328 g/mol. The first-order valence-electron chi connectivity index (χ1n) is 8.80. The fourth-order valence-electron chi connectivity index (χ4n) is 2.84. The molecule has 0 radical (unpaired) electrons. The van der Waals surface area contributed by atoms with Gasteiger partial charge in [0.2, 0.25) is 0 Å². The van der Waals surface area contributed by atoms with Gasteiger partial charge in [0.25, 0.3) is 0 Å². The molecule has 0 saturated carbocycles. The van der Waals surface area contributed by atoms with Gasteiger partial charge in [0.15, 0.2) is 0 Å². The molecule has 0 atom stereocenters. The molecule has 0 amide bonds. The number of rotatable bonds is 5. The molecule has 2 aromatic heterocycles. The Bertz CT molecular complexity index is 700. The van der Waals surface area contributed by atoms with Gasteiger partial charge in [0, 0.05) is 31.4 Å². The van der Waals surface area contributed by atoms with Crippen LogP contribution in [-0.2, 0) is 30.7 Å². The number of fused-ring (bicyclic) bond motifs is 1. The maximum Gasteiger partial charge on any atom is 0.129 e. The van der Waals surface area contributed by atoms with Crippen LogP contribution >= 0.6 is 0 Å². The van der Waals surface area contributed by atoms with Crippen molar-refractivity contribution in [1.82, 2.24) is 14.8 Å². The Hall–Kier alpha value is -1.88. The molecule has 2 aromatic rings. The van der Waals surface area contributed by atoms with Crippen molar-refractivity contribution < 1.29 is 4.74 Å². The molecule has 3 rings (SSSR count). The highest BCUT2D eigenvalue weighted by molar-refractivity contribution is 5.46. The highest BCUT2D eigenvalue weighted by Crippen LogP contribution is 2.20. The highest BCUT2D eigenvalue weighted by Gasteiger charge is 2.14. The number of nitrogens with one attached hydrogen (secondary N) is 1. The van der Waals surface area contributed by atoms with Crippen molar-refractivity contribution in [2.24, 2.45) is 0 Å². The van der Waals surface area contributed by atoms with E-state index in [2.05, 4.69) is 56.4 Å². The van der Waals surface area contributed by atoms with Gasteiger partial charge in [0.1, 0.15) is 5.82 Å². The Morgan fingerprint density at radius 1 is 1.29 bits per heavy atom. The molecule has 130 valence electrons. The SMILES string of the molecule is Cc1cn(CCc2ccc3c(n2)NCCC3)nc1COC(C)(C)C. The van der Waals surface area contributed by atoms with Crippen LogP contribution in [0, 0.1) is 6.92 Å². The van der Waals surface area contributed by atoms with Gasteiger partial charge in [-0.2, -0.15) is 5.10 Å². The average Bonchev–Trinajstić information content (AvgIpc) is 2.90. The Kier molecular flexibility index (Phi) is 4.90. The van der Waals surface area contributed by atoms with Crippen LogP contribution in [0.4, 0.5) is 5.82 Å². The number of nitrogens with zero attached hydrogens (tertiary/aromatic N) is 3. The molecule has 0 unspecified atom stereocenters. The van der Waals surface area contributed by atoms with E-state index in [1.165, 1.54) is 17.5 Å². The van der Waals surface area contributed by atoms with Gasteiger partial charge in [-0.15, -0.1) is 0 Å². The lowest BCUT2D eigenvalue weighted by molar-refractivity contribution is -0.0168. The third-order valence-electron chi connectivity index (χ3n) is 4.24. The van der Waals surface area contributed by atoms with Crippen LogP contribution in [0.1, 0.15) is 49.7 Å². The lowest BCUT2D eigenvalue weighted by atomic mass is 10.1. The van der Waals surface area contributed by atoms with Crippen LogP contribution in [0.25, 0.3) is 0 Å². The van der Waals surface area contributed by atoms with Crippen LogP contribution in [0.3, 0.4) is 0 Å². The quantitative estimate of drug-likeness (QED) is 0.912. The molecule has 24 heavy (non-hydrogen) atoms. The summed E-state index contributed by atoms with van der Waals surface area (Å²) in [5.41, 5.74) is 4.51. The van der Waals surface area contributed by atoms with E-state index in [9.17, 15) is 0 Å². The van der Waals surface area contributed by atoms with Crippen LogP contribution in [0.15, 0.2) is 18.3 Å². The number of ether oxygens (including phenoxy) is 1. The van der Waals surface area contributed by atoms with Crippen molar-refractivity contribution in [3.8, 4) is 0 Å². The van der Waals surface area contributed by atoms with Gasteiger partial charge >= 0.3 is 0 Å². The van der Waals surface area contributed by atoms with Crippen LogP contribution in [0.2, 0.25) is 0 Å². The predicted molar refractivity (Wildman–Crippen MR) is 96.3 cm³/mol. The normalized spacial score (nSPS) is 14.3. The summed E-state index contributed by atoms with van der Waals surface area (Å²) in [6, 6.07) is 4.35. The Morgan fingerprint density at radius 2 is 2.12 bits per heavy atom. The van der Waals surface area contributed by atoms with Crippen molar-refractivity contribution in [3.05, 3.63) is 40.8 Å². The Balaban J connectivity index is 1.60. The summed E-state index contributed by atoms with van der Waals surface area (Å²) in [4.78, 5) is 4.75. The number of pyridine rings is 1. The molecule has 3 heterocycles. The molecular weight excluding hydrogens is 300 g/mol. The maximum absolute atomic E-state index is 5.84. The van der Waals surface area contributed by atoms with E-state index in [1.54, 1.807) is 0 Å². The number of hydrogen-bond donors (Lipinski definition) is 1. The van der Waals surface area contributed by atoms with Gasteiger partial charge < -0.3 is 10.1 Å². The van der Waals surface area contributed by atoms with Crippen LogP contribution in [0.5, 0.6) is 0 Å². The minimum atomic E-state index is -0.143. The summed E-state index contributed by atoms with van der Waals surface area (Å²) >= 11 is 0. The molecule has 0 aromatic carbocycles. The zero-order valence-electron chi connectivity index (χ0n) is 15.2. The molecule has 1 aliphatic heterocycles. The molecule has 5 nitrogen and oxygen atoms in total. The first kappa shape index (κ1) is 17.0. The number of hydrogen-bond acceptors (Lipinski definition) is 4. The smallest absolute Gasteiger partial charge is 0.129 e.